The minimum Gasteiger partial charge on any atom is -0.338 e. The van der Waals surface area contributed by atoms with E-state index in [4.69, 9.17) is 0 Å². The average Bonchev–Trinajstić information content (AvgIpc) is 3.29. The summed E-state index contributed by atoms with van der Waals surface area (Å²) in [4.78, 5) is 36.3. The maximum atomic E-state index is 13.5. The zero-order valence-electron chi connectivity index (χ0n) is 16.8. The van der Waals surface area contributed by atoms with Crippen LogP contribution in [0.2, 0.25) is 0 Å². The van der Waals surface area contributed by atoms with Gasteiger partial charge in [-0.1, -0.05) is 12.1 Å². The van der Waals surface area contributed by atoms with Gasteiger partial charge < -0.3 is 4.90 Å². The van der Waals surface area contributed by atoms with Gasteiger partial charge in [-0.2, -0.15) is 5.10 Å². The molecule has 0 spiro atoms. The monoisotopic (exact) mass is 418 g/mol. The lowest BCUT2D eigenvalue weighted by molar-refractivity contribution is 0.0647. The van der Waals surface area contributed by atoms with Crippen molar-refractivity contribution < 1.29 is 14.0 Å². The maximum absolute atomic E-state index is 13.5. The second-order valence-electron chi connectivity index (χ2n) is 7.54. The van der Waals surface area contributed by atoms with Gasteiger partial charge in [0, 0.05) is 38.1 Å². The molecule has 9 heteroatoms. The predicted octanol–water partition coefficient (Wildman–Crippen LogP) is 2.54. The predicted molar refractivity (Wildman–Crippen MR) is 110 cm³/mol. The molecule has 8 nitrogen and oxygen atoms in total. The summed E-state index contributed by atoms with van der Waals surface area (Å²) in [6.45, 7) is 1.40. The highest BCUT2D eigenvalue weighted by molar-refractivity contribution is 6.07. The van der Waals surface area contributed by atoms with Crippen LogP contribution in [-0.4, -0.2) is 53.8 Å². The van der Waals surface area contributed by atoms with Crippen LogP contribution in [0.3, 0.4) is 0 Å². The van der Waals surface area contributed by atoms with Crippen LogP contribution in [0.1, 0.15) is 33.0 Å². The number of benzene rings is 1. The van der Waals surface area contributed by atoms with Crippen LogP contribution in [0.5, 0.6) is 0 Å². The number of ketones is 1. The number of hydrogen-bond donors (Lipinski definition) is 0. The Labute approximate surface area is 177 Å². The third kappa shape index (κ3) is 3.48. The van der Waals surface area contributed by atoms with Gasteiger partial charge >= 0.3 is 0 Å². The van der Waals surface area contributed by atoms with Gasteiger partial charge in [0.2, 0.25) is 5.78 Å². The van der Waals surface area contributed by atoms with Gasteiger partial charge in [-0.15, -0.1) is 0 Å². The Morgan fingerprint density at radius 1 is 1.16 bits per heavy atom. The van der Waals surface area contributed by atoms with E-state index in [1.807, 2.05) is 0 Å². The number of carbonyl (C=O) groups excluding carboxylic acids is 2. The Hall–Kier alpha value is -3.88. The van der Waals surface area contributed by atoms with Crippen LogP contribution in [0.15, 0.2) is 48.9 Å². The van der Waals surface area contributed by atoms with Crippen LogP contribution in [0, 0.1) is 5.82 Å². The van der Waals surface area contributed by atoms with Crippen molar-refractivity contribution in [2.24, 2.45) is 7.05 Å². The van der Waals surface area contributed by atoms with Gasteiger partial charge in [0.15, 0.2) is 5.78 Å². The van der Waals surface area contributed by atoms with E-state index in [2.05, 4.69) is 15.1 Å². The summed E-state index contributed by atoms with van der Waals surface area (Å²) in [7, 11) is 1.65. The molecule has 1 amide bonds. The largest absolute Gasteiger partial charge is 0.338 e. The molecule has 0 aliphatic carbocycles. The third-order valence-electron chi connectivity index (χ3n) is 5.42. The molecule has 5 rings (SSSR count). The highest BCUT2D eigenvalue weighted by atomic mass is 19.1. The van der Waals surface area contributed by atoms with E-state index in [9.17, 15) is 14.0 Å². The number of fused-ring (bicyclic) bond motifs is 1. The number of Topliss-reactive ketones (excluding diaryl/α,β-unsaturated/α-hetero) is 1. The molecule has 0 atom stereocenters. The number of aromatic nitrogens is 5. The number of rotatable bonds is 5. The Balaban J connectivity index is 1.41. The van der Waals surface area contributed by atoms with Gasteiger partial charge in [-0.05, 0) is 24.6 Å². The van der Waals surface area contributed by atoms with Crippen LogP contribution in [0.4, 0.5) is 4.39 Å². The molecule has 0 bridgehead atoms. The van der Waals surface area contributed by atoms with Crippen molar-refractivity contribution in [3.8, 4) is 11.3 Å². The number of amides is 1. The summed E-state index contributed by atoms with van der Waals surface area (Å²) in [6, 6.07) is 7.91. The molecule has 31 heavy (non-hydrogen) atoms. The summed E-state index contributed by atoms with van der Waals surface area (Å²) < 4.78 is 16.7. The summed E-state index contributed by atoms with van der Waals surface area (Å²) >= 11 is 0. The van der Waals surface area contributed by atoms with Crippen LogP contribution in [-0.2, 0) is 13.5 Å². The zero-order chi connectivity index (χ0) is 21.5. The smallest absolute Gasteiger partial charge is 0.257 e. The average molecular weight is 418 g/mol. The van der Waals surface area contributed by atoms with Crippen LogP contribution < -0.4 is 0 Å². The van der Waals surface area contributed by atoms with Crippen molar-refractivity contribution in [1.82, 2.24) is 29.0 Å². The maximum Gasteiger partial charge on any atom is 0.257 e. The standard InChI is InChI=1S/C22H19FN6O2/c1-27-20(17(12-24-27)21(31)28-7-3-8-28)19(30)11-16-6-9-29-13-18(26-22(29)25-16)14-4-2-5-15(23)10-14/h2,4-6,9-10,12-13H,3,7-8,11H2,1H3. The number of nitrogens with zero attached hydrogens (tertiary/aromatic N) is 6. The molecular weight excluding hydrogens is 399 g/mol. The first-order valence-electron chi connectivity index (χ1n) is 9.94. The molecule has 1 aromatic carbocycles. The van der Waals surface area contributed by atoms with E-state index in [-0.39, 0.29) is 29.6 Å². The number of hydrogen-bond acceptors (Lipinski definition) is 5. The van der Waals surface area contributed by atoms with Gasteiger partial charge in [0.05, 0.1) is 29.6 Å². The first-order chi connectivity index (χ1) is 15.0. The Bertz CT molecular complexity index is 1320. The molecule has 0 saturated carbocycles. The Morgan fingerprint density at radius 3 is 2.74 bits per heavy atom. The molecule has 4 heterocycles. The molecule has 4 aromatic rings. The molecule has 156 valence electrons. The summed E-state index contributed by atoms with van der Waals surface area (Å²) in [5, 5.41) is 4.12. The summed E-state index contributed by atoms with van der Waals surface area (Å²) in [6.07, 6.45) is 5.95. The van der Waals surface area contributed by atoms with Gasteiger partial charge in [-0.25, -0.2) is 14.4 Å². The molecule has 0 N–H and O–H groups in total. The second kappa shape index (κ2) is 7.42. The SMILES string of the molecule is Cn1ncc(C(=O)N2CCC2)c1C(=O)Cc1ccn2cc(-c3cccc(F)c3)nc2n1. The molecule has 1 fully saturated rings. The van der Waals surface area contributed by atoms with E-state index in [0.717, 1.165) is 6.42 Å². The van der Waals surface area contributed by atoms with Crippen molar-refractivity contribution in [2.75, 3.05) is 13.1 Å². The van der Waals surface area contributed by atoms with Crippen molar-refractivity contribution in [3.05, 3.63) is 71.7 Å². The number of aryl methyl sites for hydroxylation is 1. The quantitative estimate of drug-likeness (QED) is 0.465. The minimum atomic E-state index is -0.339. The Kier molecular flexibility index (Phi) is 4.58. The molecule has 0 unspecified atom stereocenters. The van der Waals surface area contributed by atoms with Gasteiger partial charge in [0.1, 0.15) is 11.5 Å². The van der Waals surface area contributed by atoms with Crippen LogP contribution in [0.25, 0.3) is 17.0 Å². The number of carbonyl (C=O) groups is 2. The highest BCUT2D eigenvalue weighted by Crippen LogP contribution is 2.21. The normalized spacial score (nSPS) is 13.4. The van der Waals surface area contributed by atoms with Crippen molar-refractivity contribution >= 4 is 17.5 Å². The van der Waals surface area contributed by atoms with E-state index in [0.29, 0.717) is 41.4 Å². The first kappa shape index (κ1) is 19.1. The topological polar surface area (TPSA) is 85.4 Å². The van der Waals surface area contributed by atoms with Gasteiger partial charge in [-0.3, -0.25) is 18.7 Å². The fourth-order valence-corrected chi connectivity index (χ4v) is 3.66. The van der Waals surface area contributed by atoms with E-state index >= 15 is 0 Å². The second-order valence-corrected chi connectivity index (χ2v) is 7.54. The minimum absolute atomic E-state index is 0.0124. The fraction of sp³-hybridized carbons (Fsp3) is 0.227. The molecule has 1 aliphatic rings. The number of likely N-dealkylation sites (tertiary alicyclic amines) is 1. The van der Waals surface area contributed by atoms with E-state index in [1.54, 1.807) is 46.9 Å². The van der Waals surface area contributed by atoms with Gasteiger partial charge in [0.25, 0.3) is 5.91 Å². The summed E-state index contributed by atoms with van der Waals surface area (Å²) in [5.74, 6) is -0.336. The van der Waals surface area contributed by atoms with E-state index in [1.165, 1.54) is 23.0 Å². The fourth-order valence-electron chi connectivity index (χ4n) is 3.66. The lowest BCUT2D eigenvalue weighted by Gasteiger charge is -2.30. The number of imidazole rings is 1. The Morgan fingerprint density at radius 2 is 2.00 bits per heavy atom. The molecule has 1 aliphatic heterocycles. The van der Waals surface area contributed by atoms with E-state index < -0.39 is 0 Å². The third-order valence-corrected chi connectivity index (χ3v) is 5.42. The zero-order valence-corrected chi connectivity index (χ0v) is 16.8. The molecular formula is C22H19FN6O2. The molecule has 3 aromatic heterocycles. The summed E-state index contributed by atoms with van der Waals surface area (Å²) in [5.41, 5.74) is 2.36. The lowest BCUT2D eigenvalue weighted by atomic mass is 10.1. The molecule has 0 radical (unpaired) electrons. The highest BCUT2D eigenvalue weighted by Gasteiger charge is 2.28. The van der Waals surface area contributed by atoms with Crippen molar-refractivity contribution in [3.63, 3.8) is 0 Å². The first-order valence-corrected chi connectivity index (χ1v) is 9.94. The molecule has 1 saturated heterocycles. The van der Waals surface area contributed by atoms with Crippen LogP contribution >= 0.6 is 0 Å². The van der Waals surface area contributed by atoms with Crippen molar-refractivity contribution in [1.29, 1.82) is 0 Å². The van der Waals surface area contributed by atoms with Crippen molar-refractivity contribution in [2.45, 2.75) is 12.8 Å². The lowest BCUT2D eigenvalue weighted by Crippen LogP contribution is -2.42. The number of halogens is 1.